The van der Waals surface area contributed by atoms with Crippen LogP contribution in [-0.4, -0.2) is 64.4 Å². The molecule has 2 aromatic heterocycles. The zero-order valence-electron chi connectivity index (χ0n) is 18.1. The third-order valence-corrected chi connectivity index (χ3v) is 7.59. The normalized spacial score (nSPS) is 28.3. The van der Waals surface area contributed by atoms with E-state index in [1.165, 1.54) is 6.92 Å². The second kappa shape index (κ2) is 7.02. The Morgan fingerprint density at radius 3 is 2.47 bits per heavy atom. The minimum Gasteiger partial charge on any atom is -0.359 e. The highest BCUT2D eigenvalue weighted by atomic mass is 19.4. The fourth-order valence-electron chi connectivity index (χ4n) is 6.02. The Labute approximate surface area is 183 Å². The van der Waals surface area contributed by atoms with E-state index in [2.05, 4.69) is 25.1 Å². The summed E-state index contributed by atoms with van der Waals surface area (Å²) in [6.07, 6.45) is -0.288. The summed E-state index contributed by atoms with van der Waals surface area (Å²) in [5.41, 5.74) is -1.07. The Balaban J connectivity index is 1.24. The van der Waals surface area contributed by atoms with Gasteiger partial charge < -0.3 is 10.3 Å². The maximum atomic E-state index is 13.2. The van der Waals surface area contributed by atoms with Crippen molar-refractivity contribution in [2.45, 2.75) is 44.4 Å². The highest BCUT2D eigenvalue weighted by molar-refractivity contribution is 5.86. The third kappa shape index (κ3) is 3.14. The molecule has 0 atom stereocenters. The molecule has 1 saturated heterocycles. The van der Waals surface area contributed by atoms with Crippen molar-refractivity contribution in [2.24, 2.45) is 5.41 Å². The van der Waals surface area contributed by atoms with Crippen LogP contribution in [-0.2, 0) is 17.5 Å². The van der Waals surface area contributed by atoms with Gasteiger partial charge in [-0.3, -0.25) is 24.4 Å². The summed E-state index contributed by atoms with van der Waals surface area (Å²) in [5.74, 6) is 0.164. The molecule has 10 heteroatoms. The summed E-state index contributed by atoms with van der Waals surface area (Å²) in [7, 11) is 1.70. The van der Waals surface area contributed by atoms with E-state index < -0.39 is 17.3 Å². The van der Waals surface area contributed by atoms with E-state index in [4.69, 9.17) is 0 Å². The van der Waals surface area contributed by atoms with Gasteiger partial charge in [0.25, 0.3) is 5.56 Å². The van der Waals surface area contributed by atoms with Crippen LogP contribution in [0.4, 0.5) is 13.2 Å². The summed E-state index contributed by atoms with van der Waals surface area (Å²) in [6.45, 7) is 5.50. The Kier molecular flexibility index (Phi) is 4.69. The number of nitrogens with zero attached hydrogens (tertiary/aromatic N) is 3. The van der Waals surface area contributed by atoms with Gasteiger partial charge >= 0.3 is 6.18 Å². The summed E-state index contributed by atoms with van der Waals surface area (Å²) in [4.78, 5) is 35.4. The van der Waals surface area contributed by atoms with Crippen LogP contribution in [0.5, 0.6) is 0 Å². The molecular weight excluding hydrogens is 423 g/mol. The molecule has 172 valence electrons. The molecule has 4 aliphatic rings. The number of carbonyl (C=O) groups is 1. The number of fused-ring (bicyclic) bond motifs is 1. The van der Waals surface area contributed by atoms with Crippen molar-refractivity contribution in [3.05, 3.63) is 39.3 Å². The van der Waals surface area contributed by atoms with E-state index in [0.717, 1.165) is 51.0 Å². The van der Waals surface area contributed by atoms with Crippen LogP contribution in [0.25, 0.3) is 11.0 Å². The molecule has 1 aliphatic heterocycles. The molecule has 0 spiro atoms. The van der Waals surface area contributed by atoms with E-state index in [9.17, 15) is 22.8 Å². The van der Waals surface area contributed by atoms with Crippen molar-refractivity contribution < 1.29 is 18.0 Å². The fraction of sp³-hybridized carbons (Fsp3) is 0.591. The maximum Gasteiger partial charge on any atom is 0.422 e. The lowest BCUT2D eigenvalue weighted by Crippen LogP contribution is -2.79. The molecule has 7 nitrogen and oxygen atoms in total. The Morgan fingerprint density at radius 1 is 1.22 bits per heavy atom. The number of nitrogens with one attached hydrogen (secondary N) is 2. The first-order chi connectivity index (χ1) is 15.1. The van der Waals surface area contributed by atoms with Crippen molar-refractivity contribution in [1.29, 1.82) is 0 Å². The molecule has 0 aromatic carbocycles. The predicted octanol–water partition coefficient (Wildman–Crippen LogP) is 2.04. The van der Waals surface area contributed by atoms with Crippen molar-refractivity contribution in [2.75, 3.05) is 33.2 Å². The molecule has 32 heavy (non-hydrogen) atoms. The number of aromatic amines is 1. The molecule has 3 saturated carbocycles. The molecule has 2 N–H and O–H groups in total. The Bertz CT molecular complexity index is 1130. The zero-order chi connectivity index (χ0) is 22.9. The predicted molar refractivity (Wildman–Crippen MR) is 112 cm³/mol. The molecule has 3 heterocycles. The standard InChI is InChI=1S/C22H26F3N5O2/c1-13-16(22(23,24)25)18(31)28-15-7-14(8-27-17(13)15)9-29-3-5-30(6-4-29)21-10-20(11-21,12-21)19(32)26-2/h7-8H,3-6,9-12H2,1-2H3,(H,26,32)(H,28,31). The highest BCUT2D eigenvalue weighted by Gasteiger charge is 2.73. The first-order valence-corrected chi connectivity index (χ1v) is 10.9. The van der Waals surface area contributed by atoms with Crippen LogP contribution in [0.1, 0.15) is 36.0 Å². The zero-order valence-corrected chi connectivity index (χ0v) is 18.1. The lowest BCUT2D eigenvalue weighted by Gasteiger charge is -2.73. The number of aryl methyl sites for hydroxylation is 1. The number of halogens is 3. The molecule has 2 bridgehead atoms. The average Bonchev–Trinajstić information content (AvgIpc) is 2.65. The second-order valence-corrected chi connectivity index (χ2v) is 9.57. The van der Waals surface area contributed by atoms with Crippen LogP contribution in [0.3, 0.4) is 0 Å². The van der Waals surface area contributed by atoms with Crippen LogP contribution in [0, 0.1) is 12.3 Å². The van der Waals surface area contributed by atoms with E-state index >= 15 is 0 Å². The number of hydrogen-bond acceptors (Lipinski definition) is 5. The van der Waals surface area contributed by atoms with Gasteiger partial charge in [0.05, 0.1) is 16.4 Å². The molecule has 0 radical (unpaired) electrons. The van der Waals surface area contributed by atoms with Crippen molar-refractivity contribution in [3.63, 3.8) is 0 Å². The van der Waals surface area contributed by atoms with Gasteiger partial charge in [-0.05, 0) is 43.4 Å². The first kappa shape index (κ1) is 21.4. The molecule has 6 rings (SSSR count). The smallest absolute Gasteiger partial charge is 0.359 e. The van der Waals surface area contributed by atoms with Crippen molar-refractivity contribution >= 4 is 16.9 Å². The number of aromatic nitrogens is 2. The molecule has 2 aromatic rings. The maximum absolute atomic E-state index is 13.2. The summed E-state index contributed by atoms with van der Waals surface area (Å²) >= 11 is 0. The molecular formula is C22H26F3N5O2. The monoisotopic (exact) mass is 449 g/mol. The van der Waals surface area contributed by atoms with E-state index in [-0.39, 0.29) is 27.9 Å². The topological polar surface area (TPSA) is 81.3 Å². The van der Waals surface area contributed by atoms with Gasteiger partial charge in [-0.1, -0.05) is 0 Å². The quantitative estimate of drug-likeness (QED) is 0.747. The number of carbonyl (C=O) groups excluding carboxylic acids is 1. The lowest BCUT2D eigenvalue weighted by molar-refractivity contribution is -0.223. The molecule has 0 unspecified atom stereocenters. The number of amides is 1. The second-order valence-electron chi connectivity index (χ2n) is 9.57. The average molecular weight is 449 g/mol. The van der Waals surface area contributed by atoms with E-state index in [0.29, 0.717) is 12.1 Å². The molecule has 3 aliphatic carbocycles. The van der Waals surface area contributed by atoms with Gasteiger partial charge in [0.1, 0.15) is 5.56 Å². The molecule has 4 fully saturated rings. The van der Waals surface area contributed by atoms with Crippen LogP contribution >= 0.6 is 0 Å². The number of hydrogen-bond donors (Lipinski definition) is 2. The fourth-order valence-corrected chi connectivity index (χ4v) is 6.02. The van der Waals surface area contributed by atoms with Gasteiger partial charge in [0.15, 0.2) is 0 Å². The van der Waals surface area contributed by atoms with Crippen LogP contribution in [0.2, 0.25) is 0 Å². The Morgan fingerprint density at radius 2 is 1.88 bits per heavy atom. The van der Waals surface area contributed by atoms with Gasteiger partial charge in [-0.15, -0.1) is 0 Å². The number of rotatable bonds is 4. The van der Waals surface area contributed by atoms with Gasteiger partial charge in [-0.2, -0.15) is 13.2 Å². The summed E-state index contributed by atoms with van der Waals surface area (Å²) in [5, 5.41) is 2.78. The van der Waals surface area contributed by atoms with Gasteiger partial charge in [-0.25, -0.2) is 0 Å². The lowest BCUT2D eigenvalue weighted by atomic mass is 9.38. The molecule has 1 amide bonds. The number of piperazine rings is 1. The van der Waals surface area contributed by atoms with Crippen molar-refractivity contribution in [1.82, 2.24) is 25.1 Å². The van der Waals surface area contributed by atoms with Gasteiger partial charge in [0, 0.05) is 51.5 Å². The minimum absolute atomic E-state index is 0.135. The number of pyridine rings is 2. The number of H-pyrrole nitrogens is 1. The van der Waals surface area contributed by atoms with Crippen LogP contribution in [0.15, 0.2) is 17.1 Å². The number of alkyl halides is 3. The summed E-state index contributed by atoms with van der Waals surface area (Å²) < 4.78 is 39.5. The largest absolute Gasteiger partial charge is 0.422 e. The van der Waals surface area contributed by atoms with Crippen LogP contribution < -0.4 is 10.9 Å². The summed E-state index contributed by atoms with van der Waals surface area (Å²) in [6, 6.07) is 1.72. The Hall–Kier alpha value is -2.46. The minimum atomic E-state index is -4.72. The van der Waals surface area contributed by atoms with Gasteiger partial charge in [0.2, 0.25) is 5.91 Å². The third-order valence-electron chi connectivity index (χ3n) is 7.59. The van der Waals surface area contributed by atoms with Crippen molar-refractivity contribution in [3.8, 4) is 0 Å². The SMILES string of the molecule is CNC(=O)C12CC(N3CCN(Cc4cnc5c(C)c(C(F)(F)F)c(=O)[nH]c5c4)CC3)(C1)C2. The van der Waals surface area contributed by atoms with E-state index in [1.807, 2.05) is 0 Å². The highest BCUT2D eigenvalue weighted by Crippen LogP contribution is 2.69. The first-order valence-electron chi connectivity index (χ1n) is 10.9. The van der Waals surface area contributed by atoms with E-state index in [1.54, 1.807) is 19.3 Å².